The molecule has 0 spiro atoms. The highest BCUT2D eigenvalue weighted by Gasteiger charge is 2.21. The zero-order chi connectivity index (χ0) is 14.6. The molecule has 1 unspecified atom stereocenters. The Balaban J connectivity index is 2.80. The summed E-state index contributed by atoms with van der Waals surface area (Å²) < 4.78 is 0. The monoisotopic (exact) mass is 265 g/mol. The van der Waals surface area contributed by atoms with Crippen LogP contribution in [0, 0.1) is 10.1 Å². The molecule has 1 rings (SSSR count). The molecule has 0 aliphatic carbocycles. The van der Waals surface area contributed by atoms with Crippen molar-refractivity contribution in [2.75, 3.05) is 5.32 Å². The lowest BCUT2D eigenvalue weighted by atomic mass is 10.1. The van der Waals surface area contributed by atoms with Gasteiger partial charge in [0, 0.05) is 11.6 Å². The summed E-state index contributed by atoms with van der Waals surface area (Å²) in [7, 11) is 0. The molecular formula is C13H19N3O3. The van der Waals surface area contributed by atoms with Gasteiger partial charge in [0.15, 0.2) is 0 Å². The highest BCUT2D eigenvalue weighted by atomic mass is 16.6. The fourth-order valence-electron chi connectivity index (χ4n) is 1.53. The summed E-state index contributed by atoms with van der Waals surface area (Å²) in [5, 5.41) is 16.5. The number of para-hydroxylation sites is 2. The van der Waals surface area contributed by atoms with E-state index in [2.05, 4.69) is 10.6 Å². The molecule has 0 saturated carbocycles. The number of anilines is 1. The summed E-state index contributed by atoms with van der Waals surface area (Å²) >= 11 is 0. The Kier molecular flexibility index (Phi) is 4.47. The maximum absolute atomic E-state index is 11.9. The molecule has 0 aliphatic heterocycles. The Hall–Kier alpha value is -2.11. The zero-order valence-electron chi connectivity index (χ0n) is 11.6. The second-order valence-corrected chi connectivity index (χ2v) is 5.38. The van der Waals surface area contributed by atoms with Gasteiger partial charge in [-0.25, -0.2) is 0 Å². The molecule has 6 nitrogen and oxygen atoms in total. The van der Waals surface area contributed by atoms with Crippen molar-refractivity contribution in [1.82, 2.24) is 5.32 Å². The van der Waals surface area contributed by atoms with Crippen molar-refractivity contribution < 1.29 is 9.72 Å². The third-order valence-corrected chi connectivity index (χ3v) is 2.36. The molecule has 6 heteroatoms. The average Bonchev–Trinajstić information content (AvgIpc) is 2.27. The molecular weight excluding hydrogens is 246 g/mol. The fraction of sp³-hybridized carbons (Fsp3) is 0.462. The Morgan fingerprint density at radius 1 is 1.32 bits per heavy atom. The number of hydrogen-bond acceptors (Lipinski definition) is 4. The predicted molar refractivity (Wildman–Crippen MR) is 74.1 cm³/mol. The van der Waals surface area contributed by atoms with Crippen LogP contribution in [0.25, 0.3) is 0 Å². The SMILES string of the molecule is CC(Nc1ccccc1[N+](=O)[O-])C(=O)NC(C)(C)C. The van der Waals surface area contributed by atoms with Crippen LogP contribution in [0.4, 0.5) is 11.4 Å². The van der Waals surface area contributed by atoms with Crippen LogP contribution < -0.4 is 10.6 Å². The maximum Gasteiger partial charge on any atom is 0.292 e. The van der Waals surface area contributed by atoms with Gasteiger partial charge in [-0.05, 0) is 33.8 Å². The third kappa shape index (κ3) is 4.57. The Morgan fingerprint density at radius 2 is 1.89 bits per heavy atom. The first-order valence-corrected chi connectivity index (χ1v) is 6.02. The number of nitrogens with zero attached hydrogens (tertiary/aromatic N) is 1. The topological polar surface area (TPSA) is 84.3 Å². The summed E-state index contributed by atoms with van der Waals surface area (Å²) in [6.07, 6.45) is 0. The number of hydrogen-bond donors (Lipinski definition) is 2. The van der Waals surface area contributed by atoms with E-state index in [4.69, 9.17) is 0 Å². The van der Waals surface area contributed by atoms with E-state index < -0.39 is 11.0 Å². The highest BCUT2D eigenvalue weighted by Crippen LogP contribution is 2.23. The number of benzene rings is 1. The molecule has 0 radical (unpaired) electrons. The minimum Gasteiger partial charge on any atom is -0.368 e. The molecule has 1 aromatic rings. The summed E-state index contributed by atoms with van der Waals surface area (Å²) in [6.45, 7) is 7.30. The van der Waals surface area contributed by atoms with Gasteiger partial charge in [0.1, 0.15) is 11.7 Å². The quantitative estimate of drug-likeness (QED) is 0.646. The summed E-state index contributed by atoms with van der Waals surface area (Å²) in [6, 6.07) is 5.70. The molecule has 0 heterocycles. The number of amides is 1. The van der Waals surface area contributed by atoms with Gasteiger partial charge in [-0.3, -0.25) is 14.9 Å². The summed E-state index contributed by atoms with van der Waals surface area (Å²) in [5.41, 5.74) is -0.0442. The molecule has 19 heavy (non-hydrogen) atoms. The third-order valence-electron chi connectivity index (χ3n) is 2.36. The van der Waals surface area contributed by atoms with E-state index in [1.807, 2.05) is 20.8 Å². The number of rotatable bonds is 4. The minimum atomic E-state index is -0.555. The first-order chi connectivity index (χ1) is 8.70. The first-order valence-electron chi connectivity index (χ1n) is 6.02. The van der Waals surface area contributed by atoms with Gasteiger partial charge in [-0.15, -0.1) is 0 Å². The minimum absolute atomic E-state index is 0.0436. The predicted octanol–water partition coefficient (Wildman–Crippen LogP) is 2.31. The molecule has 1 amide bonds. The van der Waals surface area contributed by atoms with Gasteiger partial charge >= 0.3 is 0 Å². The van der Waals surface area contributed by atoms with Crippen molar-refractivity contribution >= 4 is 17.3 Å². The van der Waals surface area contributed by atoms with Gasteiger partial charge in [0.05, 0.1) is 4.92 Å². The van der Waals surface area contributed by atoms with Gasteiger partial charge in [0.2, 0.25) is 5.91 Å². The van der Waals surface area contributed by atoms with E-state index in [0.717, 1.165) is 0 Å². The highest BCUT2D eigenvalue weighted by molar-refractivity contribution is 5.85. The van der Waals surface area contributed by atoms with E-state index in [9.17, 15) is 14.9 Å². The van der Waals surface area contributed by atoms with Gasteiger partial charge in [-0.1, -0.05) is 12.1 Å². The van der Waals surface area contributed by atoms with E-state index in [1.165, 1.54) is 6.07 Å². The normalized spacial score (nSPS) is 12.6. The lowest BCUT2D eigenvalue weighted by molar-refractivity contribution is -0.384. The van der Waals surface area contributed by atoms with E-state index in [0.29, 0.717) is 5.69 Å². The molecule has 0 bridgehead atoms. The number of carbonyl (C=O) groups excluding carboxylic acids is 1. The molecule has 1 atom stereocenters. The zero-order valence-corrected chi connectivity index (χ0v) is 11.6. The Morgan fingerprint density at radius 3 is 2.42 bits per heavy atom. The lowest BCUT2D eigenvalue weighted by Gasteiger charge is -2.24. The molecule has 0 aromatic heterocycles. The average molecular weight is 265 g/mol. The lowest BCUT2D eigenvalue weighted by Crippen LogP contribution is -2.47. The molecule has 0 fully saturated rings. The molecule has 104 valence electrons. The van der Waals surface area contributed by atoms with Crippen molar-refractivity contribution in [2.45, 2.75) is 39.3 Å². The number of nitro groups is 1. The molecule has 2 N–H and O–H groups in total. The van der Waals surface area contributed by atoms with Gasteiger partial charge in [0.25, 0.3) is 5.69 Å². The number of nitrogens with one attached hydrogen (secondary N) is 2. The van der Waals surface area contributed by atoms with Crippen molar-refractivity contribution in [1.29, 1.82) is 0 Å². The smallest absolute Gasteiger partial charge is 0.292 e. The van der Waals surface area contributed by atoms with Crippen LogP contribution in [-0.4, -0.2) is 22.4 Å². The van der Waals surface area contributed by atoms with Crippen molar-refractivity contribution in [3.05, 3.63) is 34.4 Å². The van der Waals surface area contributed by atoms with Crippen LogP contribution >= 0.6 is 0 Å². The van der Waals surface area contributed by atoms with Crippen LogP contribution in [0.15, 0.2) is 24.3 Å². The van der Waals surface area contributed by atoms with Crippen LogP contribution in [-0.2, 0) is 4.79 Å². The number of nitro benzene ring substituents is 1. The maximum atomic E-state index is 11.9. The summed E-state index contributed by atoms with van der Waals surface area (Å²) in [4.78, 5) is 22.3. The Bertz CT molecular complexity index is 480. The van der Waals surface area contributed by atoms with Crippen LogP contribution in [0.2, 0.25) is 0 Å². The van der Waals surface area contributed by atoms with Crippen LogP contribution in [0.1, 0.15) is 27.7 Å². The number of carbonyl (C=O) groups is 1. The fourth-order valence-corrected chi connectivity index (χ4v) is 1.53. The summed E-state index contributed by atoms with van der Waals surface area (Å²) in [5.74, 6) is -0.203. The second-order valence-electron chi connectivity index (χ2n) is 5.38. The molecule has 0 saturated heterocycles. The standard InChI is InChI=1S/C13H19N3O3/c1-9(12(17)15-13(2,3)4)14-10-7-5-6-8-11(10)16(18)19/h5-9,14H,1-4H3,(H,15,17). The second kappa shape index (κ2) is 5.69. The molecule has 0 aliphatic rings. The van der Waals surface area contributed by atoms with E-state index in [-0.39, 0.29) is 17.1 Å². The van der Waals surface area contributed by atoms with Crippen molar-refractivity contribution in [2.24, 2.45) is 0 Å². The van der Waals surface area contributed by atoms with Crippen LogP contribution in [0.5, 0.6) is 0 Å². The largest absolute Gasteiger partial charge is 0.368 e. The van der Waals surface area contributed by atoms with E-state index in [1.54, 1.807) is 25.1 Å². The van der Waals surface area contributed by atoms with Crippen LogP contribution in [0.3, 0.4) is 0 Å². The van der Waals surface area contributed by atoms with E-state index >= 15 is 0 Å². The molecule has 1 aromatic carbocycles. The first kappa shape index (κ1) is 14.9. The van der Waals surface area contributed by atoms with Crippen molar-refractivity contribution in [3.8, 4) is 0 Å². The Labute approximate surface area is 112 Å². The van der Waals surface area contributed by atoms with Gasteiger partial charge < -0.3 is 10.6 Å². The van der Waals surface area contributed by atoms with Gasteiger partial charge in [-0.2, -0.15) is 0 Å². The van der Waals surface area contributed by atoms with Crippen molar-refractivity contribution in [3.63, 3.8) is 0 Å².